The van der Waals surface area contributed by atoms with Gasteiger partial charge < -0.3 is 10.1 Å². The van der Waals surface area contributed by atoms with E-state index in [1.165, 1.54) is 24.2 Å². The summed E-state index contributed by atoms with van der Waals surface area (Å²) in [5.41, 5.74) is 0. The van der Waals surface area contributed by atoms with Crippen molar-refractivity contribution in [2.45, 2.75) is 48.8 Å². The van der Waals surface area contributed by atoms with Gasteiger partial charge in [0.1, 0.15) is 5.75 Å². The number of benzene rings is 1. The second-order valence-electron chi connectivity index (χ2n) is 4.92. The van der Waals surface area contributed by atoms with Crippen molar-refractivity contribution in [2.75, 3.05) is 7.11 Å². The molecule has 1 N–H and O–H groups in total. The van der Waals surface area contributed by atoms with Crippen LogP contribution in [0.4, 0.5) is 0 Å². The second-order valence-corrected chi connectivity index (χ2v) is 6.24. The molecule has 0 aliphatic heterocycles. The van der Waals surface area contributed by atoms with Crippen LogP contribution in [0.3, 0.4) is 0 Å². The molecule has 4 heteroatoms. The van der Waals surface area contributed by atoms with Crippen LogP contribution >= 0.6 is 11.8 Å². The average Bonchev–Trinajstić information content (AvgIpc) is 2.41. The summed E-state index contributed by atoms with van der Waals surface area (Å²) >= 11 is 1.86. The van der Waals surface area contributed by atoms with Crippen molar-refractivity contribution in [2.24, 2.45) is 0 Å². The van der Waals surface area contributed by atoms with E-state index in [9.17, 15) is 4.79 Å². The van der Waals surface area contributed by atoms with Crippen LogP contribution in [-0.4, -0.2) is 24.3 Å². The van der Waals surface area contributed by atoms with E-state index in [-0.39, 0.29) is 5.91 Å². The molecule has 1 aliphatic carbocycles. The molecule has 1 amide bonds. The van der Waals surface area contributed by atoms with Gasteiger partial charge in [0.05, 0.1) is 7.11 Å². The van der Waals surface area contributed by atoms with Gasteiger partial charge in [-0.3, -0.25) is 4.79 Å². The summed E-state index contributed by atoms with van der Waals surface area (Å²) < 4.78 is 5.17. The summed E-state index contributed by atoms with van der Waals surface area (Å²) in [4.78, 5) is 12.5. The van der Waals surface area contributed by atoms with Crippen LogP contribution in [0.25, 0.3) is 0 Å². The van der Waals surface area contributed by atoms with E-state index in [0.717, 1.165) is 12.2 Å². The standard InChI is InChI=1S/C15H21NO2S/c1-11(17)16-14-5-3-4-6-15(14)19-13-9-7-12(18-2)8-10-13/h7-10,14-15H,3-6H2,1-2H3,(H,16,17)/t14-,15-/m1/s1. The van der Waals surface area contributed by atoms with E-state index in [1.54, 1.807) is 14.0 Å². The Hall–Kier alpha value is -1.16. The van der Waals surface area contributed by atoms with Crippen molar-refractivity contribution in [3.05, 3.63) is 24.3 Å². The molecule has 3 nitrogen and oxygen atoms in total. The van der Waals surface area contributed by atoms with E-state index in [2.05, 4.69) is 17.4 Å². The maximum atomic E-state index is 11.3. The summed E-state index contributed by atoms with van der Waals surface area (Å²) in [5, 5.41) is 3.57. The lowest BCUT2D eigenvalue weighted by Crippen LogP contribution is -2.42. The van der Waals surface area contributed by atoms with Gasteiger partial charge in [-0.25, -0.2) is 0 Å². The van der Waals surface area contributed by atoms with Gasteiger partial charge in [-0.05, 0) is 37.1 Å². The third kappa shape index (κ3) is 4.16. The van der Waals surface area contributed by atoms with E-state index in [1.807, 2.05) is 23.9 Å². The third-order valence-corrected chi connectivity index (χ3v) is 4.85. The monoisotopic (exact) mass is 279 g/mol. The first-order valence-corrected chi connectivity index (χ1v) is 7.65. The first kappa shape index (κ1) is 14.3. The number of carbonyl (C=O) groups excluding carboxylic acids is 1. The van der Waals surface area contributed by atoms with Gasteiger partial charge in [0, 0.05) is 23.1 Å². The fraction of sp³-hybridized carbons (Fsp3) is 0.533. The minimum absolute atomic E-state index is 0.0761. The SMILES string of the molecule is COc1ccc(S[C@@H]2CCCC[C@H]2NC(C)=O)cc1. The maximum Gasteiger partial charge on any atom is 0.217 e. The number of hydrogen-bond donors (Lipinski definition) is 1. The number of nitrogens with one attached hydrogen (secondary N) is 1. The number of ether oxygens (including phenoxy) is 1. The quantitative estimate of drug-likeness (QED) is 0.919. The van der Waals surface area contributed by atoms with Gasteiger partial charge in [-0.2, -0.15) is 0 Å². The van der Waals surface area contributed by atoms with Gasteiger partial charge in [-0.1, -0.05) is 12.8 Å². The summed E-state index contributed by atoms with van der Waals surface area (Å²) in [6, 6.07) is 8.45. The highest BCUT2D eigenvalue weighted by Crippen LogP contribution is 2.34. The molecule has 1 aliphatic rings. The van der Waals surface area contributed by atoms with E-state index in [4.69, 9.17) is 4.74 Å². The first-order chi connectivity index (χ1) is 9.19. The van der Waals surface area contributed by atoms with Crippen molar-refractivity contribution < 1.29 is 9.53 Å². The lowest BCUT2D eigenvalue weighted by Gasteiger charge is -2.31. The van der Waals surface area contributed by atoms with Crippen LogP contribution in [0.5, 0.6) is 5.75 Å². The lowest BCUT2D eigenvalue weighted by molar-refractivity contribution is -0.119. The molecule has 2 rings (SSSR count). The molecule has 2 atom stereocenters. The Balaban J connectivity index is 1.99. The van der Waals surface area contributed by atoms with Crippen molar-refractivity contribution in [3.8, 4) is 5.75 Å². The van der Waals surface area contributed by atoms with Crippen molar-refractivity contribution in [1.82, 2.24) is 5.32 Å². The number of thioether (sulfide) groups is 1. The fourth-order valence-corrected chi connectivity index (χ4v) is 3.79. The molecule has 1 saturated carbocycles. The average molecular weight is 279 g/mol. The van der Waals surface area contributed by atoms with Crippen LogP contribution in [-0.2, 0) is 4.79 Å². The van der Waals surface area contributed by atoms with Gasteiger partial charge >= 0.3 is 0 Å². The van der Waals surface area contributed by atoms with Crippen LogP contribution in [0, 0.1) is 0 Å². The number of rotatable bonds is 4. The Labute approximate surface area is 119 Å². The normalized spacial score (nSPS) is 22.8. The van der Waals surface area contributed by atoms with E-state index >= 15 is 0 Å². The Bertz CT molecular complexity index is 419. The topological polar surface area (TPSA) is 38.3 Å². The minimum Gasteiger partial charge on any atom is -0.497 e. The molecule has 1 aromatic rings. The van der Waals surface area contributed by atoms with Crippen LogP contribution in [0.15, 0.2) is 29.2 Å². The smallest absolute Gasteiger partial charge is 0.217 e. The number of hydrogen-bond acceptors (Lipinski definition) is 3. The zero-order valence-corrected chi connectivity index (χ0v) is 12.3. The number of carbonyl (C=O) groups is 1. The summed E-state index contributed by atoms with van der Waals surface area (Å²) in [6.45, 7) is 1.60. The first-order valence-electron chi connectivity index (χ1n) is 6.77. The zero-order valence-electron chi connectivity index (χ0n) is 11.5. The molecule has 0 spiro atoms. The maximum absolute atomic E-state index is 11.3. The molecular formula is C15H21NO2S. The van der Waals surface area contributed by atoms with Crippen LogP contribution in [0.1, 0.15) is 32.6 Å². The molecule has 1 aromatic carbocycles. The van der Waals surface area contributed by atoms with Gasteiger partial charge in [0.25, 0.3) is 0 Å². The fourth-order valence-electron chi connectivity index (χ4n) is 2.49. The summed E-state index contributed by atoms with van der Waals surface area (Å²) in [5.74, 6) is 0.957. The molecule has 0 bridgehead atoms. The summed E-state index contributed by atoms with van der Waals surface area (Å²) in [7, 11) is 1.68. The number of amides is 1. The van der Waals surface area contributed by atoms with Crippen molar-refractivity contribution >= 4 is 17.7 Å². The molecule has 0 heterocycles. The molecule has 1 fully saturated rings. The number of methoxy groups -OCH3 is 1. The van der Waals surface area contributed by atoms with Crippen LogP contribution < -0.4 is 10.1 Å². The van der Waals surface area contributed by atoms with E-state index < -0.39 is 0 Å². The lowest BCUT2D eigenvalue weighted by atomic mass is 9.95. The predicted molar refractivity (Wildman–Crippen MR) is 78.7 cm³/mol. The summed E-state index contributed by atoms with van der Waals surface area (Å²) in [6.07, 6.45) is 4.73. The second kappa shape index (κ2) is 6.85. The van der Waals surface area contributed by atoms with Crippen LogP contribution in [0.2, 0.25) is 0 Å². The molecule has 0 aromatic heterocycles. The van der Waals surface area contributed by atoms with Crippen molar-refractivity contribution in [1.29, 1.82) is 0 Å². The minimum atomic E-state index is 0.0761. The Morgan fingerprint density at radius 1 is 1.26 bits per heavy atom. The van der Waals surface area contributed by atoms with Gasteiger partial charge in [0.15, 0.2) is 0 Å². The van der Waals surface area contributed by atoms with Gasteiger partial charge in [0.2, 0.25) is 5.91 Å². The highest BCUT2D eigenvalue weighted by Gasteiger charge is 2.26. The Morgan fingerprint density at radius 3 is 2.58 bits per heavy atom. The largest absolute Gasteiger partial charge is 0.497 e. The van der Waals surface area contributed by atoms with Crippen molar-refractivity contribution in [3.63, 3.8) is 0 Å². The van der Waals surface area contributed by atoms with Gasteiger partial charge in [-0.15, -0.1) is 11.8 Å². The predicted octanol–water partition coefficient (Wildman–Crippen LogP) is 3.23. The third-order valence-electron chi connectivity index (χ3n) is 3.44. The molecule has 0 saturated heterocycles. The highest BCUT2D eigenvalue weighted by molar-refractivity contribution is 8.00. The Morgan fingerprint density at radius 2 is 1.95 bits per heavy atom. The van der Waals surface area contributed by atoms with E-state index in [0.29, 0.717) is 11.3 Å². The molecular weight excluding hydrogens is 258 g/mol. The highest BCUT2D eigenvalue weighted by atomic mass is 32.2. The molecule has 104 valence electrons. The Kier molecular flexibility index (Phi) is 5.14. The molecule has 19 heavy (non-hydrogen) atoms. The molecule has 0 unspecified atom stereocenters. The zero-order chi connectivity index (χ0) is 13.7. The molecule has 0 radical (unpaired) electrons.